The fourth-order valence-corrected chi connectivity index (χ4v) is 4.57. The lowest BCUT2D eigenvalue weighted by Gasteiger charge is -2.18. The predicted molar refractivity (Wildman–Crippen MR) is 110 cm³/mol. The van der Waals surface area contributed by atoms with Crippen LogP contribution in [-0.4, -0.2) is 35.5 Å². The van der Waals surface area contributed by atoms with Crippen molar-refractivity contribution in [1.29, 1.82) is 0 Å². The van der Waals surface area contributed by atoms with Crippen LogP contribution in [0.5, 0.6) is 11.5 Å². The zero-order valence-corrected chi connectivity index (χ0v) is 16.9. The van der Waals surface area contributed by atoms with Gasteiger partial charge in [-0.25, -0.2) is 0 Å². The molecule has 0 radical (unpaired) electrons. The fraction of sp³-hybridized carbons (Fsp3) is 0.238. The van der Waals surface area contributed by atoms with Crippen LogP contribution in [-0.2, 0) is 16.6 Å². The van der Waals surface area contributed by atoms with Crippen molar-refractivity contribution < 1.29 is 23.9 Å². The second-order valence-corrected chi connectivity index (χ2v) is 8.00. The Bertz CT molecular complexity index is 1260. The third kappa shape index (κ3) is 3.07. The summed E-state index contributed by atoms with van der Waals surface area (Å²) in [5.74, 6) is 0.519. The lowest BCUT2D eigenvalue weighted by atomic mass is 10.2. The van der Waals surface area contributed by atoms with Crippen molar-refractivity contribution in [3.05, 3.63) is 46.8 Å². The van der Waals surface area contributed by atoms with Crippen LogP contribution in [0.4, 0.5) is 5.69 Å². The molecule has 152 valence electrons. The molecule has 1 aromatic heterocycles. The Morgan fingerprint density at radius 3 is 2.30 bits per heavy atom. The topological polar surface area (TPSA) is 90.2 Å². The third-order valence-electron chi connectivity index (χ3n) is 5.09. The van der Waals surface area contributed by atoms with E-state index in [4.69, 9.17) is 9.47 Å². The third-order valence-corrected chi connectivity index (χ3v) is 6.19. The maximum absolute atomic E-state index is 12.7. The molecule has 2 aliphatic heterocycles. The average Bonchev–Trinajstić information content (AvgIpc) is 3.25. The van der Waals surface area contributed by atoms with Crippen LogP contribution in [0, 0.1) is 0 Å². The highest BCUT2D eigenvalue weighted by Gasteiger charge is 2.30. The van der Waals surface area contributed by atoms with Crippen molar-refractivity contribution in [3.63, 3.8) is 0 Å². The highest BCUT2D eigenvalue weighted by atomic mass is 32.1. The van der Waals surface area contributed by atoms with E-state index in [0.717, 1.165) is 15.1 Å². The quantitative estimate of drug-likeness (QED) is 0.591. The summed E-state index contributed by atoms with van der Waals surface area (Å²) in [7, 11) is 1.84. The van der Waals surface area contributed by atoms with Gasteiger partial charge in [0.15, 0.2) is 16.3 Å². The van der Waals surface area contributed by atoms with Crippen LogP contribution in [0.1, 0.15) is 23.2 Å². The molecule has 0 N–H and O–H groups in total. The van der Waals surface area contributed by atoms with Gasteiger partial charge < -0.3 is 14.0 Å². The van der Waals surface area contributed by atoms with E-state index in [2.05, 4.69) is 4.99 Å². The number of hydrogen-bond acceptors (Lipinski definition) is 6. The number of thiazole rings is 1. The molecule has 8 nitrogen and oxygen atoms in total. The Balaban J connectivity index is 1.46. The zero-order chi connectivity index (χ0) is 20.8. The number of carbonyl (C=O) groups is 3. The van der Waals surface area contributed by atoms with Crippen LogP contribution in [0.15, 0.2) is 41.4 Å². The molecular weight excluding hydrogens is 406 g/mol. The first-order valence-electron chi connectivity index (χ1n) is 9.45. The number of aryl methyl sites for hydroxylation is 1. The molecule has 2 aliphatic rings. The van der Waals surface area contributed by atoms with Crippen molar-refractivity contribution in [2.24, 2.45) is 12.0 Å². The highest BCUT2D eigenvalue weighted by Crippen LogP contribution is 2.35. The number of carbonyl (C=O) groups excluding carboxylic acids is 3. The van der Waals surface area contributed by atoms with Crippen LogP contribution in [0.25, 0.3) is 10.2 Å². The number of rotatable bonds is 2. The maximum Gasteiger partial charge on any atom is 0.279 e. The number of benzene rings is 2. The van der Waals surface area contributed by atoms with Gasteiger partial charge in [0.2, 0.25) is 11.8 Å². The zero-order valence-electron chi connectivity index (χ0n) is 16.1. The Labute approximate surface area is 175 Å². The van der Waals surface area contributed by atoms with Crippen LogP contribution in [0.2, 0.25) is 0 Å². The van der Waals surface area contributed by atoms with Gasteiger partial charge in [-0.05, 0) is 24.3 Å². The first-order valence-corrected chi connectivity index (χ1v) is 10.3. The van der Waals surface area contributed by atoms with E-state index in [1.165, 1.54) is 11.3 Å². The molecular formula is C21H17N3O5S. The molecule has 3 heterocycles. The first-order chi connectivity index (χ1) is 14.5. The summed E-state index contributed by atoms with van der Waals surface area (Å²) in [4.78, 5) is 42.4. The van der Waals surface area contributed by atoms with Gasteiger partial charge in [-0.15, -0.1) is 0 Å². The summed E-state index contributed by atoms with van der Waals surface area (Å²) < 4.78 is 14.0. The summed E-state index contributed by atoms with van der Waals surface area (Å²) in [6.07, 6.45) is 0.438. The Kier molecular flexibility index (Phi) is 4.39. The molecule has 9 heteroatoms. The lowest BCUT2D eigenvalue weighted by molar-refractivity contribution is -0.121. The van der Waals surface area contributed by atoms with Gasteiger partial charge in [-0.1, -0.05) is 11.3 Å². The second-order valence-electron chi connectivity index (χ2n) is 6.99. The van der Waals surface area contributed by atoms with Crippen LogP contribution in [0.3, 0.4) is 0 Å². The number of amides is 3. The number of aromatic nitrogens is 1. The molecule has 2 aromatic carbocycles. The van der Waals surface area contributed by atoms with E-state index in [9.17, 15) is 14.4 Å². The first kappa shape index (κ1) is 18.6. The standard InChI is InChI=1S/C21H17N3O5S/c1-23-14-10-15-16(29-9-8-28-15)11-17(14)30-21(23)22-20(27)12-2-4-13(5-3-12)24-18(25)6-7-19(24)26/h2-5,10-11H,6-9H2,1H3. The lowest BCUT2D eigenvalue weighted by Crippen LogP contribution is -2.28. The van der Waals surface area contributed by atoms with E-state index >= 15 is 0 Å². The van der Waals surface area contributed by atoms with Gasteiger partial charge in [0, 0.05) is 37.6 Å². The summed E-state index contributed by atoms with van der Waals surface area (Å²) >= 11 is 1.39. The molecule has 3 aromatic rings. The number of ether oxygens (including phenoxy) is 2. The SMILES string of the molecule is Cn1c(=NC(=O)c2ccc(N3C(=O)CCC3=O)cc2)sc2cc3c(cc21)OCCO3. The number of anilines is 1. The molecule has 5 rings (SSSR count). The molecule has 3 amide bonds. The number of fused-ring (bicyclic) bond motifs is 2. The minimum Gasteiger partial charge on any atom is -0.486 e. The maximum atomic E-state index is 12.7. The smallest absolute Gasteiger partial charge is 0.279 e. The Morgan fingerprint density at radius 1 is 1.00 bits per heavy atom. The van der Waals surface area contributed by atoms with E-state index in [0.29, 0.717) is 40.8 Å². The summed E-state index contributed by atoms with van der Waals surface area (Å²) in [6, 6.07) is 10.1. The van der Waals surface area contributed by atoms with Crippen LogP contribution < -0.4 is 19.2 Å². The minimum absolute atomic E-state index is 0.219. The van der Waals surface area contributed by atoms with Gasteiger partial charge in [0.25, 0.3) is 5.91 Å². The van der Waals surface area contributed by atoms with Gasteiger partial charge in [-0.2, -0.15) is 4.99 Å². The fourth-order valence-electron chi connectivity index (χ4n) is 3.54. The van der Waals surface area contributed by atoms with E-state index in [1.807, 2.05) is 23.7 Å². The van der Waals surface area contributed by atoms with Crippen molar-refractivity contribution in [2.75, 3.05) is 18.1 Å². The molecule has 30 heavy (non-hydrogen) atoms. The van der Waals surface area contributed by atoms with Gasteiger partial charge in [-0.3, -0.25) is 19.3 Å². The average molecular weight is 423 g/mol. The normalized spacial score (nSPS) is 16.6. The van der Waals surface area contributed by atoms with E-state index < -0.39 is 5.91 Å². The minimum atomic E-state index is -0.403. The monoisotopic (exact) mass is 423 g/mol. The molecule has 1 fully saturated rings. The highest BCUT2D eigenvalue weighted by molar-refractivity contribution is 7.16. The molecule has 0 spiro atoms. The number of hydrogen-bond donors (Lipinski definition) is 0. The molecule has 0 aliphatic carbocycles. The van der Waals surface area contributed by atoms with Crippen molar-refractivity contribution in [1.82, 2.24) is 4.57 Å². The van der Waals surface area contributed by atoms with E-state index in [-0.39, 0.29) is 24.7 Å². The summed E-state index contributed by atoms with van der Waals surface area (Å²) in [5, 5.41) is 0. The van der Waals surface area contributed by atoms with Crippen molar-refractivity contribution in [2.45, 2.75) is 12.8 Å². The largest absolute Gasteiger partial charge is 0.486 e. The predicted octanol–water partition coefficient (Wildman–Crippen LogP) is 2.41. The number of nitrogens with zero attached hydrogens (tertiary/aromatic N) is 3. The van der Waals surface area contributed by atoms with Gasteiger partial charge in [0.1, 0.15) is 13.2 Å². The molecule has 1 saturated heterocycles. The Morgan fingerprint density at radius 2 is 1.63 bits per heavy atom. The van der Waals surface area contributed by atoms with E-state index in [1.54, 1.807) is 24.3 Å². The van der Waals surface area contributed by atoms with Crippen molar-refractivity contribution >= 4 is 45.0 Å². The van der Waals surface area contributed by atoms with Gasteiger partial charge in [0.05, 0.1) is 15.9 Å². The molecule has 0 unspecified atom stereocenters. The van der Waals surface area contributed by atoms with Crippen molar-refractivity contribution in [3.8, 4) is 11.5 Å². The molecule has 0 saturated carbocycles. The van der Waals surface area contributed by atoms with Crippen LogP contribution >= 0.6 is 11.3 Å². The molecule has 0 bridgehead atoms. The van der Waals surface area contributed by atoms with Gasteiger partial charge >= 0.3 is 0 Å². The summed E-state index contributed by atoms with van der Waals surface area (Å²) in [6.45, 7) is 1.02. The molecule has 0 atom stereocenters. The number of imide groups is 1. The Hall–Kier alpha value is -3.46. The second kappa shape index (κ2) is 7.10. The summed E-state index contributed by atoms with van der Waals surface area (Å²) in [5.41, 5.74) is 1.75.